The van der Waals surface area contributed by atoms with Crippen LogP contribution in [0, 0.1) is 18.8 Å². The number of hydrogen-bond donors (Lipinski definition) is 2. The number of nitrogen functional groups attached to an aromatic ring is 2. The molecule has 1 aromatic carbocycles. The highest BCUT2D eigenvalue weighted by Crippen LogP contribution is 2.41. The minimum Gasteiger partial charge on any atom is -0.454 e. The van der Waals surface area contributed by atoms with Gasteiger partial charge >= 0.3 is 0 Å². The van der Waals surface area contributed by atoms with E-state index < -0.39 is 5.41 Å². The lowest BCUT2D eigenvalue weighted by atomic mass is 9.84. The van der Waals surface area contributed by atoms with E-state index in [4.69, 9.17) is 32.5 Å². The summed E-state index contributed by atoms with van der Waals surface area (Å²) in [4.78, 5) is 8.05. The molecule has 4 N–H and O–H groups in total. The summed E-state index contributed by atoms with van der Waals surface area (Å²) in [6, 6.07) is 3.60. The predicted octanol–water partition coefficient (Wildman–Crippen LogP) is 2.66. The van der Waals surface area contributed by atoms with Crippen LogP contribution >= 0.6 is 11.6 Å². The number of hydrogen-bond acceptors (Lipinski definition) is 6. The van der Waals surface area contributed by atoms with Gasteiger partial charge in [0.15, 0.2) is 11.5 Å². The maximum atomic E-state index is 6.39. The van der Waals surface area contributed by atoms with E-state index in [1.165, 1.54) is 0 Å². The van der Waals surface area contributed by atoms with Gasteiger partial charge in [0.25, 0.3) is 0 Å². The number of ether oxygens (including phenoxy) is 2. The van der Waals surface area contributed by atoms with Crippen molar-refractivity contribution in [3.63, 3.8) is 0 Å². The average Bonchev–Trinajstić information content (AvgIpc) is 2.92. The molecule has 2 aromatic rings. The van der Waals surface area contributed by atoms with Crippen molar-refractivity contribution in [1.82, 2.24) is 9.97 Å². The van der Waals surface area contributed by atoms with E-state index in [0.717, 1.165) is 5.56 Å². The molecule has 0 amide bonds. The maximum Gasteiger partial charge on any atom is 0.231 e. The van der Waals surface area contributed by atoms with Crippen LogP contribution in [-0.4, -0.2) is 16.8 Å². The molecule has 1 aliphatic heterocycles. The molecule has 24 heavy (non-hydrogen) atoms. The Morgan fingerprint density at radius 1 is 1.17 bits per heavy atom. The smallest absolute Gasteiger partial charge is 0.231 e. The minimum absolute atomic E-state index is 0.133. The van der Waals surface area contributed by atoms with Crippen LogP contribution in [0.3, 0.4) is 0 Å². The quantitative estimate of drug-likeness (QED) is 0.772. The first kappa shape index (κ1) is 16.2. The summed E-state index contributed by atoms with van der Waals surface area (Å²) in [5, 5.41) is 0.566. The molecule has 0 radical (unpaired) electrons. The normalized spacial score (nSPS) is 12.7. The van der Waals surface area contributed by atoms with Crippen LogP contribution in [0.1, 0.15) is 30.7 Å². The molecule has 1 aromatic heterocycles. The van der Waals surface area contributed by atoms with E-state index in [9.17, 15) is 0 Å². The van der Waals surface area contributed by atoms with Gasteiger partial charge in [0.1, 0.15) is 5.82 Å². The van der Waals surface area contributed by atoms with Crippen molar-refractivity contribution in [2.24, 2.45) is 0 Å². The Labute approximate surface area is 145 Å². The number of rotatable bonds is 1. The Hall–Kier alpha value is -2.65. The van der Waals surface area contributed by atoms with Gasteiger partial charge in [-0.2, -0.15) is 4.98 Å². The summed E-state index contributed by atoms with van der Waals surface area (Å²) < 4.78 is 10.8. The van der Waals surface area contributed by atoms with Gasteiger partial charge < -0.3 is 20.9 Å². The molecule has 0 atom stereocenters. The molecule has 7 heteroatoms. The van der Waals surface area contributed by atoms with Crippen LogP contribution < -0.4 is 20.9 Å². The molecule has 2 heterocycles. The first-order valence-corrected chi connectivity index (χ1v) is 7.68. The Balaban J connectivity index is 2.02. The van der Waals surface area contributed by atoms with Gasteiger partial charge in [-0.3, -0.25) is 0 Å². The molecule has 6 nitrogen and oxygen atoms in total. The molecule has 0 spiro atoms. The summed E-state index contributed by atoms with van der Waals surface area (Å²) >= 11 is 6.39. The monoisotopic (exact) mass is 344 g/mol. The third kappa shape index (κ3) is 2.91. The molecule has 3 rings (SSSR count). The Kier molecular flexibility index (Phi) is 3.90. The second-order valence-electron chi connectivity index (χ2n) is 5.99. The summed E-state index contributed by atoms with van der Waals surface area (Å²) in [5.41, 5.74) is 13.0. The van der Waals surface area contributed by atoms with Gasteiger partial charge in [0, 0.05) is 11.1 Å². The van der Waals surface area contributed by atoms with E-state index in [1.54, 1.807) is 13.0 Å². The van der Waals surface area contributed by atoms with E-state index in [2.05, 4.69) is 21.8 Å². The van der Waals surface area contributed by atoms with Crippen LogP contribution in [0.2, 0.25) is 5.02 Å². The first-order valence-electron chi connectivity index (χ1n) is 7.30. The third-order valence-electron chi connectivity index (χ3n) is 3.77. The molecule has 124 valence electrons. The van der Waals surface area contributed by atoms with Crippen LogP contribution in [0.25, 0.3) is 0 Å². The van der Waals surface area contributed by atoms with E-state index in [-0.39, 0.29) is 18.6 Å². The van der Waals surface area contributed by atoms with Crippen molar-refractivity contribution in [2.45, 2.75) is 26.2 Å². The zero-order valence-corrected chi connectivity index (χ0v) is 14.4. The van der Waals surface area contributed by atoms with Gasteiger partial charge in [-0.05, 0) is 32.4 Å². The summed E-state index contributed by atoms with van der Waals surface area (Å²) in [6.07, 6.45) is 0. The zero-order valence-electron chi connectivity index (χ0n) is 13.6. The third-order valence-corrected chi connectivity index (χ3v) is 4.08. The SMILES string of the molecule is Cc1nc(N)nc(N)c1C#CC(C)(C)c1cc2c(cc1Cl)OCO2. The number of benzene rings is 1. The zero-order chi connectivity index (χ0) is 17.5. The molecule has 0 unspecified atom stereocenters. The largest absolute Gasteiger partial charge is 0.454 e. The van der Waals surface area contributed by atoms with Gasteiger partial charge in [-0.25, -0.2) is 4.98 Å². The molecule has 0 saturated heterocycles. The second kappa shape index (κ2) is 5.77. The van der Waals surface area contributed by atoms with Crippen molar-refractivity contribution in [3.05, 3.63) is 34.0 Å². The molecule has 0 bridgehead atoms. The number of aryl methyl sites for hydroxylation is 1. The number of halogens is 1. The van der Waals surface area contributed by atoms with Crippen molar-refractivity contribution in [3.8, 4) is 23.3 Å². The van der Waals surface area contributed by atoms with Gasteiger partial charge in [-0.1, -0.05) is 23.4 Å². The van der Waals surface area contributed by atoms with Crippen molar-refractivity contribution in [1.29, 1.82) is 0 Å². The number of fused-ring (bicyclic) bond motifs is 1. The Morgan fingerprint density at radius 2 is 1.83 bits per heavy atom. The molecule has 0 aliphatic carbocycles. The molecule has 0 fully saturated rings. The van der Waals surface area contributed by atoms with Crippen LogP contribution in [0.15, 0.2) is 12.1 Å². The van der Waals surface area contributed by atoms with Crippen LogP contribution in [0.5, 0.6) is 11.5 Å². The lowest BCUT2D eigenvalue weighted by Crippen LogP contribution is -2.15. The average molecular weight is 345 g/mol. The van der Waals surface area contributed by atoms with E-state index in [1.807, 2.05) is 19.9 Å². The van der Waals surface area contributed by atoms with Crippen molar-refractivity contribution >= 4 is 23.4 Å². The number of nitrogens with zero attached hydrogens (tertiary/aromatic N) is 2. The highest BCUT2D eigenvalue weighted by Gasteiger charge is 2.25. The van der Waals surface area contributed by atoms with Crippen LogP contribution in [0.4, 0.5) is 11.8 Å². The molecular weight excluding hydrogens is 328 g/mol. The summed E-state index contributed by atoms with van der Waals surface area (Å²) in [5.74, 6) is 7.95. The lowest BCUT2D eigenvalue weighted by molar-refractivity contribution is 0.174. The van der Waals surface area contributed by atoms with Crippen LogP contribution in [-0.2, 0) is 5.41 Å². The highest BCUT2D eigenvalue weighted by atomic mass is 35.5. The summed E-state index contributed by atoms with van der Waals surface area (Å²) in [6.45, 7) is 5.92. The second-order valence-corrected chi connectivity index (χ2v) is 6.39. The molecular formula is C17H17ClN4O2. The van der Waals surface area contributed by atoms with E-state index in [0.29, 0.717) is 27.8 Å². The molecule has 0 saturated carbocycles. The number of nitrogens with two attached hydrogens (primary N) is 2. The number of aromatic nitrogens is 2. The highest BCUT2D eigenvalue weighted by molar-refractivity contribution is 6.31. The van der Waals surface area contributed by atoms with Gasteiger partial charge in [-0.15, -0.1) is 0 Å². The number of anilines is 2. The van der Waals surface area contributed by atoms with Gasteiger partial charge in [0.2, 0.25) is 12.7 Å². The Morgan fingerprint density at radius 3 is 2.50 bits per heavy atom. The topological polar surface area (TPSA) is 96.3 Å². The minimum atomic E-state index is -0.543. The fourth-order valence-electron chi connectivity index (χ4n) is 2.45. The standard InChI is InChI=1S/C17H17ClN4O2/c1-9-10(15(19)22-16(20)21-9)4-5-17(2,3)11-6-13-14(7-12(11)18)24-8-23-13/h6-7H,8H2,1-3H3,(H4,19,20,21,22). The maximum absolute atomic E-state index is 6.39. The van der Waals surface area contributed by atoms with E-state index >= 15 is 0 Å². The fraction of sp³-hybridized carbons (Fsp3) is 0.294. The lowest BCUT2D eigenvalue weighted by Gasteiger charge is -2.20. The first-order chi connectivity index (χ1) is 11.3. The van der Waals surface area contributed by atoms with Crippen molar-refractivity contribution in [2.75, 3.05) is 18.3 Å². The fourth-order valence-corrected chi connectivity index (χ4v) is 2.84. The predicted molar refractivity (Wildman–Crippen MR) is 93.1 cm³/mol. The summed E-state index contributed by atoms with van der Waals surface area (Å²) in [7, 11) is 0. The molecule has 1 aliphatic rings. The Bertz CT molecular complexity index is 861. The van der Waals surface area contributed by atoms with Crippen molar-refractivity contribution < 1.29 is 9.47 Å². The van der Waals surface area contributed by atoms with Gasteiger partial charge in [0.05, 0.1) is 16.7 Å².